The van der Waals surface area contributed by atoms with E-state index in [-0.39, 0.29) is 18.0 Å². The second-order valence-electron chi connectivity index (χ2n) is 5.49. The summed E-state index contributed by atoms with van der Waals surface area (Å²) in [4.78, 5) is 16.7. The molecule has 0 spiro atoms. The Kier molecular flexibility index (Phi) is 3.30. The van der Waals surface area contributed by atoms with Gasteiger partial charge in [-0.05, 0) is 18.9 Å². The van der Waals surface area contributed by atoms with Crippen molar-refractivity contribution in [3.8, 4) is 0 Å². The van der Waals surface area contributed by atoms with Gasteiger partial charge in [0.05, 0.1) is 5.52 Å². The van der Waals surface area contributed by atoms with E-state index in [0.717, 1.165) is 30.4 Å². The van der Waals surface area contributed by atoms with Crippen molar-refractivity contribution in [2.45, 2.75) is 18.9 Å². The van der Waals surface area contributed by atoms with E-state index in [0.29, 0.717) is 11.5 Å². The first-order valence-electron chi connectivity index (χ1n) is 7.49. The average molecular weight is 312 g/mol. The summed E-state index contributed by atoms with van der Waals surface area (Å²) in [5.74, 6) is 0.540. The minimum Gasteiger partial charge on any atom is -0.370 e. The zero-order valence-corrected chi connectivity index (χ0v) is 12.6. The quantitative estimate of drug-likeness (QED) is 0.768. The third kappa shape index (κ3) is 2.46. The second-order valence-corrected chi connectivity index (χ2v) is 5.49. The maximum absolute atomic E-state index is 12.5. The van der Waals surface area contributed by atoms with Gasteiger partial charge < -0.3 is 4.74 Å². The van der Waals surface area contributed by atoms with Crippen LogP contribution < -0.4 is 5.32 Å². The predicted octanol–water partition coefficient (Wildman–Crippen LogP) is 1.80. The predicted molar refractivity (Wildman–Crippen MR) is 83.0 cm³/mol. The molecule has 1 aliphatic heterocycles. The van der Waals surface area contributed by atoms with Gasteiger partial charge in [0.2, 0.25) is 5.95 Å². The summed E-state index contributed by atoms with van der Waals surface area (Å²) in [6.45, 7) is 0.729. The Morgan fingerprint density at radius 2 is 2.30 bits per heavy atom. The van der Waals surface area contributed by atoms with Crippen molar-refractivity contribution in [1.29, 1.82) is 0 Å². The molecule has 1 atom stereocenters. The number of aromatic nitrogens is 5. The fourth-order valence-electron chi connectivity index (χ4n) is 2.81. The molecule has 0 bridgehead atoms. The molecule has 1 aromatic carbocycles. The lowest BCUT2D eigenvalue weighted by molar-refractivity contribution is 0.102. The summed E-state index contributed by atoms with van der Waals surface area (Å²) in [6, 6.07) is 7.58. The first-order valence-corrected chi connectivity index (χ1v) is 7.49. The van der Waals surface area contributed by atoms with Gasteiger partial charge in [0.15, 0.2) is 11.5 Å². The molecule has 0 saturated carbocycles. The molecule has 0 aliphatic carbocycles. The number of nitrogens with one attached hydrogen (secondary N) is 2. The maximum atomic E-state index is 12.5. The van der Waals surface area contributed by atoms with E-state index in [9.17, 15) is 4.79 Å². The molecule has 1 fully saturated rings. The molecule has 118 valence electrons. The molecular formula is C15H16N6O2. The van der Waals surface area contributed by atoms with Crippen LogP contribution in [0.2, 0.25) is 0 Å². The van der Waals surface area contributed by atoms with Gasteiger partial charge in [0.25, 0.3) is 5.91 Å². The number of carbonyl (C=O) groups is 1. The third-order valence-corrected chi connectivity index (χ3v) is 3.94. The molecule has 23 heavy (non-hydrogen) atoms. The van der Waals surface area contributed by atoms with Crippen LogP contribution in [0.1, 0.15) is 35.3 Å². The smallest absolute Gasteiger partial charge is 0.279 e. The zero-order chi connectivity index (χ0) is 15.8. The Balaban J connectivity index is 1.57. The molecule has 3 heterocycles. The zero-order valence-electron chi connectivity index (χ0n) is 12.6. The van der Waals surface area contributed by atoms with E-state index in [4.69, 9.17) is 4.74 Å². The first-order chi connectivity index (χ1) is 11.2. The van der Waals surface area contributed by atoms with E-state index in [2.05, 4.69) is 25.6 Å². The molecule has 2 N–H and O–H groups in total. The Morgan fingerprint density at radius 1 is 1.43 bits per heavy atom. The minimum absolute atomic E-state index is 0.0659. The summed E-state index contributed by atoms with van der Waals surface area (Å²) in [5.41, 5.74) is 1.25. The highest BCUT2D eigenvalue weighted by Crippen LogP contribution is 2.26. The normalized spacial score (nSPS) is 17.7. The molecular weight excluding hydrogens is 296 g/mol. The van der Waals surface area contributed by atoms with Crippen molar-refractivity contribution >= 4 is 22.8 Å². The van der Waals surface area contributed by atoms with Crippen LogP contribution in [0.5, 0.6) is 0 Å². The van der Waals surface area contributed by atoms with Crippen molar-refractivity contribution in [3.63, 3.8) is 0 Å². The van der Waals surface area contributed by atoms with Gasteiger partial charge in [0, 0.05) is 19.0 Å². The standard InChI is InChI=1S/C15H16N6O2/c1-21-10-6-3-2-5-9(10)12(20-21)14(22)17-15-16-13(18-19-15)11-7-4-8-23-11/h2-3,5-6,11H,4,7-8H2,1H3,(H2,16,17,18,19,22)/t11-/m1/s1. The number of anilines is 1. The molecule has 3 aromatic rings. The molecule has 0 radical (unpaired) electrons. The third-order valence-electron chi connectivity index (χ3n) is 3.94. The van der Waals surface area contributed by atoms with Crippen molar-refractivity contribution in [2.24, 2.45) is 7.05 Å². The van der Waals surface area contributed by atoms with Crippen LogP contribution in [0.3, 0.4) is 0 Å². The van der Waals surface area contributed by atoms with E-state index in [1.54, 1.807) is 11.7 Å². The highest BCUT2D eigenvalue weighted by Gasteiger charge is 2.23. The Morgan fingerprint density at radius 3 is 3.13 bits per heavy atom. The average Bonchev–Trinajstić information content (AvgIpc) is 3.27. The summed E-state index contributed by atoms with van der Waals surface area (Å²) < 4.78 is 7.22. The number of nitrogens with zero attached hydrogens (tertiary/aromatic N) is 4. The topological polar surface area (TPSA) is 97.7 Å². The van der Waals surface area contributed by atoms with Crippen molar-refractivity contribution in [2.75, 3.05) is 11.9 Å². The van der Waals surface area contributed by atoms with Gasteiger partial charge >= 0.3 is 0 Å². The number of ether oxygens (including phenoxy) is 1. The van der Waals surface area contributed by atoms with Gasteiger partial charge in [-0.25, -0.2) is 0 Å². The molecule has 4 rings (SSSR count). The van der Waals surface area contributed by atoms with Gasteiger partial charge in [-0.3, -0.25) is 19.9 Å². The van der Waals surface area contributed by atoms with Crippen LogP contribution in [0, 0.1) is 0 Å². The van der Waals surface area contributed by atoms with Gasteiger partial charge in [-0.2, -0.15) is 10.1 Å². The van der Waals surface area contributed by atoms with Crippen LogP contribution in [-0.4, -0.2) is 37.5 Å². The van der Waals surface area contributed by atoms with Crippen molar-refractivity contribution < 1.29 is 9.53 Å². The molecule has 8 nitrogen and oxygen atoms in total. The number of para-hydroxylation sites is 1. The number of fused-ring (bicyclic) bond motifs is 1. The molecule has 1 saturated heterocycles. The van der Waals surface area contributed by atoms with Gasteiger partial charge in [-0.1, -0.05) is 18.2 Å². The number of aryl methyl sites for hydroxylation is 1. The van der Waals surface area contributed by atoms with E-state index < -0.39 is 0 Å². The monoisotopic (exact) mass is 312 g/mol. The van der Waals surface area contributed by atoms with E-state index >= 15 is 0 Å². The molecule has 2 aromatic heterocycles. The Bertz CT molecular complexity index is 862. The fourth-order valence-corrected chi connectivity index (χ4v) is 2.81. The first kappa shape index (κ1) is 13.9. The van der Waals surface area contributed by atoms with Crippen molar-refractivity contribution in [1.82, 2.24) is 25.0 Å². The number of benzene rings is 1. The van der Waals surface area contributed by atoms with Crippen molar-refractivity contribution in [3.05, 3.63) is 35.8 Å². The molecule has 1 aliphatic rings. The summed E-state index contributed by atoms with van der Waals surface area (Å²) in [6.07, 6.45) is 1.85. The number of carbonyl (C=O) groups excluding carboxylic acids is 1. The van der Waals surface area contributed by atoms with Gasteiger partial charge in [-0.15, -0.1) is 5.10 Å². The number of H-pyrrole nitrogens is 1. The van der Waals surface area contributed by atoms with Crippen LogP contribution in [-0.2, 0) is 11.8 Å². The lowest BCUT2D eigenvalue weighted by Crippen LogP contribution is -2.14. The van der Waals surface area contributed by atoms with Crippen LogP contribution in [0.4, 0.5) is 5.95 Å². The summed E-state index contributed by atoms with van der Waals surface area (Å²) >= 11 is 0. The SMILES string of the molecule is Cn1nc(C(=O)Nc2n[nH]c([C@H]3CCCO3)n2)c2ccccc21. The summed E-state index contributed by atoms with van der Waals surface area (Å²) in [7, 11) is 1.81. The second kappa shape index (κ2) is 5.47. The van der Waals surface area contributed by atoms with Gasteiger partial charge in [0.1, 0.15) is 6.10 Å². The van der Waals surface area contributed by atoms with Crippen LogP contribution in [0.15, 0.2) is 24.3 Å². The lowest BCUT2D eigenvalue weighted by atomic mass is 10.2. The Labute approximate surface area is 131 Å². The molecule has 0 unspecified atom stereocenters. The highest BCUT2D eigenvalue weighted by atomic mass is 16.5. The largest absolute Gasteiger partial charge is 0.370 e. The number of hydrogen-bond acceptors (Lipinski definition) is 5. The lowest BCUT2D eigenvalue weighted by Gasteiger charge is -2.02. The fraction of sp³-hybridized carbons (Fsp3) is 0.333. The minimum atomic E-state index is -0.334. The number of aromatic amines is 1. The Hall–Kier alpha value is -2.74. The molecule has 1 amide bonds. The van der Waals surface area contributed by atoms with E-state index in [1.165, 1.54) is 0 Å². The maximum Gasteiger partial charge on any atom is 0.279 e. The highest BCUT2D eigenvalue weighted by molar-refractivity contribution is 6.10. The van der Waals surface area contributed by atoms with Crippen LogP contribution in [0.25, 0.3) is 10.9 Å². The van der Waals surface area contributed by atoms with E-state index in [1.807, 2.05) is 24.3 Å². The van der Waals surface area contributed by atoms with Crippen LogP contribution >= 0.6 is 0 Å². The summed E-state index contributed by atoms with van der Waals surface area (Å²) in [5, 5.41) is 14.6. The number of amides is 1. The number of rotatable bonds is 3. The number of hydrogen-bond donors (Lipinski definition) is 2. The molecule has 8 heteroatoms.